The van der Waals surface area contributed by atoms with E-state index in [-0.39, 0.29) is 0 Å². The Morgan fingerprint density at radius 2 is 1.46 bits per heavy atom. The van der Waals surface area contributed by atoms with Gasteiger partial charge < -0.3 is 29.9 Å². The van der Waals surface area contributed by atoms with E-state index in [1.807, 2.05) is 0 Å². The highest BCUT2D eigenvalue weighted by Crippen LogP contribution is 2.41. The number of benzene rings is 2. The number of phenols is 4. The summed E-state index contributed by atoms with van der Waals surface area (Å²) >= 11 is 0. The Kier molecular flexibility index (Phi) is 3.70. The summed E-state index contributed by atoms with van der Waals surface area (Å²) in [6.45, 7) is 0. The fraction of sp³-hybridized carbons (Fsp3) is 0. The van der Waals surface area contributed by atoms with Crippen LogP contribution in [0.3, 0.4) is 0 Å². The summed E-state index contributed by atoms with van der Waals surface area (Å²) in [6.07, 6.45) is 0. The van der Waals surface area contributed by atoms with Crippen molar-refractivity contribution in [2.75, 3.05) is 0 Å². The highest BCUT2D eigenvalue weighted by atomic mass is 32.2. The first-order valence-electron chi connectivity index (χ1n) is 6.76. The van der Waals surface area contributed by atoms with E-state index in [1.165, 1.54) is 0 Å². The minimum Gasteiger partial charge on any atom is -0.508 e. The third-order valence-electron chi connectivity index (χ3n) is 3.53. The zero-order valence-corrected chi connectivity index (χ0v) is 13.4. The fourth-order valence-corrected chi connectivity index (χ4v) is 3.10. The Labute approximate surface area is 144 Å². The van der Waals surface area contributed by atoms with Crippen LogP contribution in [0.1, 0.15) is 0 Å². The second kappa shape index (κ2) is 5.54. The van der Waals surface area contributed by atoms with Crippen molar-refractivity contribution in [3.05, 3.63) is 34.5 Å². The van der Waals surface area contributed by atoms with Crippen LogP contribution in [0.25, 0.3) is 22.3 Å². The van der Waals surface area contributed by atoms with E-state index in [0.717, 1.165) is 12.1 Å². The molecule has 136 valence electrons. The Balaban J connectivity index is 2.50. The van der Waals surface area contributed by atoms with Crippen molar-refractivity contribution >= 4 is 21.1 Å². The molecule has 11 heteroatoms. The van der Waals surface area contributed by atoms with E-state index in [0.29, 0.717) is 12.1 Å². The van der Waals surface area contributed by atoms with Gasteiger partial charge in [0, 0.05) is 23.8 Å². The van der Waals surface area contributed by atoms with Gasteiger partial charge >= 0.3 is 0 Å². The molecular weight excluding hydrogens is 372 g/mol. The Hall–Kier alpha value is -3.44. The average Bonchev–Trinajstić information content (AvgIpc) is 2.51. The SMILES string of the molecule is O=c1c(O)c(-c2cc(O)c(O)cc2S(=O)(=O)O)oc2cc(O)cc(O)c12. The van der Waals surface area contributed by atoms with E-state index in [4.69, 9.17) is 4.42 Å². The molecule has 0 spiro atoms. The Morgan fingerprint density at radius 1 is 0.846 bits per heavy atom. The van der Waals surface area contributed by atoms with E-state index < -0.39 is 71.5 Å². The average molecular weight is 382 g/mol. The van der Waals surface area contributed by atoms with Gasteiger partial charge in [-0.15, -0.1) is 0 Å². The van der Waals surface area contributed by atoms with Crippen molar-refractivity contribution in [3.8, 4) is 40.1 Å². The van der Waals surface area contributed by atoms with Crippen molar-refractivity contribution in [1.29, 1.82) is 0 Å². The van der Waals surface area contributed by atoms with Gasteiger partial charge in [-0.1, -0.05) is 0 Å². The van der Waals surface area contributed by atoms with Gasteiger partial charge in [0.1, 0.15) is 27.4 Å². The summed E-state index contributed by atoms with van der Waals surface area (Å²) in [5.74, 6) is -4.81. The molecule has 1 heterocycles. The predicted octanol–water partition coefficient (Wildman–Crippen LogP) is 1.23. The molecule has 0 aliphatic heterocycles. The van der Waals surface area contributed by atoms with Crippen LogP contribution in [0.4, 0.5) is 0 Å². The summed E-state index contributed by atoms with van der Waals surface area (Å²) in [7, 11) is -4.96. The normalized spacial score (nSPS) is 11.7. The second-order valence-electron chi connectivity index (χ2n) is 5.26. The number of fused-ring (bicyclic) bond motifs is 1. The lowest BCUT2D eigenvalue weighted by Crippen LogP contribution is -2.06. The maximum atomic E-state index is 12.3. The molecule has 0 saturated heterocycles. The van der Waals surface area contributed by atoms with E-state index in [2.05, 4.69) is 0 Å². The van der Waals surface area contributed by atoms with Crippen LogP contribution >= 0.6 is 0 Å². The molecule has 26 heavy (non-hydrogen) atoms. The van der Waals surface area contributed by atoms with Crippen LogP contribution < -0.4 is 5.43 Å². The summed E-state index contributed by atoms with van der Waals surface area (Å²) in [4.78, 5) is 11.3. The number of phenolic OH excluding ortho intramolecular Hbond substituents is 4. The standard InChI is InChI=1S/C15H10O10S/c16-5-1-9(19)12-10(2-5)25-15(14(21)13(12)20)6-3-7(17)8(18)4-11(6)26(22,23)24/h1-4,16-19,21H,(H,22,23,24). The highest BCUT2D eigenvalue weighted by molar-refractivity contribution is 7.86. The van der Waals surface area contributed by atoms with Crippen LogP contribution in [0.15, 0.2) is 38.4 Å². The molecule has 0 bridgehead atoms. The van der Waals surface area contributed by atoms with Gasteiger partial charge in [-0.3, -0.25) is 9.35 Å². The van der Waals surface area contributed by atoms with Gasteiger partial charge in [-0.05, 0) is 6.07 Å². The molecule has 2 aromatic carbocycles. The second-order valence-corrected chi connectivity index (χ2v) is 6.65. The molecule has 0 fully saturated rings. The molecule has 0 atom stereocenters. The third-order valence-corrected chi connectivity index (χ3v) is 4.43. The zero-order valence-electron chi connectivity index (χ0n) is 12.5. The van der Waals surface area contributed by atoms with Gasteiger partial charge in [-0.2, -0.15) is 8.42 Å². The van der Waals surface area contributed by atoms with Crippen molar-refractivity contribution in [2.24, 2.45) is 0 Å². The highest BCUT2D eigenvalue weighted by Gasteiger charge is 2.26. The molecule has 3 rings (SSSR count). The first-order valence-corrected chi connectivity index (χ1v) is 8.20. The monoisotopic (exact) mass is 382 g/mol. The predicted molar refractivity (Wildman–Crippen MR) is 86.1 cm³/mol. The topological polar surface area (TPSA) is 186 Å². The van der Waals surface area contributed by atoms with Crippen LogP contribution in [0.5, 0.6) is 28.7 Å². The lowest BCUT2D eigenvalue weighted by Gasteiger charge is -2.11. The fourth-order valence-electron chi connectivity index (χ4n) is 2.41. The van der Waals surface area contributed by atoms with Gasteiger partial charge in [0.05, 0.1) is 0 Å². The minimum atomic E-state index is -4.96. The quantitative estimate of drug-likeness (QED) is 0.278. The number of hydrogen-bond donors (Lipinski definition) is 6. The summed E-state index contributed by atoms with van der Waals surface area (Å²) in [6, 6.07) is 2.88. The maximum Gasteiger partial charge on any atom is 0.295 e. The van der Waals surface area contributed by atoms with E-state index in [1.54, 1.807) is 0 Å². The molecular formula is C15H10O10S. The lowest BCUT2D eigenvalue weighted by molar-refractivity contribution is 0.401. The summed E-state index contributed by atoms with van der Waals surface area (Å²) in [5.41, 5.74) is -2.20. The van der Waals surface area contributed by atoms with Crippen molar-refractivity contribution in [2.45, 2.75) is 4.90 Å². The van der Waals surface area contributed by atoms with Crippen LogP contribution in [0, 0.1) is 0 Å². The Bertz CT molecular complexity index is 1220. The summed E-state index contributed by atoms with van der Waals surface area (Å²) < 4.78 is 37.6. The third kappa shape index (κ3) is 2.64. The lowest BCUT2D eigenvalue weighted by atomic mass is 10.1. The van der Waals surface area contributed by atoms with Gasteiger partial charge in [-0.25, -0.2) is 0 Å². The molecule has 10 nitrogen and oxygen atoms in total. The molecule has 1 aromatic heterocycles. The zero-order chi connectivity index (χ0) is 19.4. The van der Waals surface area contributed by atoms with Crippen LogP contribution in [0.2, 0.25) is 0 Å². The molecule has 0 saturated carbocycles. The molecule has 3 aromatic rings. The largest absolute Gasteiger partial charge is 0.508 e. The smallest absolute Gasteiger partial charge is 0.295 e. The summed E-state index contributed by atoms with van der Waals surface area (Å²) in [5, 5.41) is 47.9. The van der Waals surface area contributed by atoms with Crippen molar-refractivity contribution in [3.63, 3.8) is 0 Å². The van der Waals surface area contributed by atoms with Crippen LogP contribution in [-0.4, -0.2) is 38.5 Å². The van der Waals surface area contributed by atoms with Crippen molar-refractivity contribution in [1.82, 2.24) is 0 Å². The number of aromatic hydroxyl groups is 5. The number of rotatable bonds is 2. The molecule has 0 radical (unpaired) electrons. The van der Waals surface area contributed by atoms with Crippen molar-refractivity contribution < 1.29 is 42.9 Å². The molecule has 0 aliphatic carbocycles. The Morgan fingerprint density at radius 3 is 2.08 bits per heavy atom. The van der Waals surface area contributed by atoms with E-state index >= 15 is 0 Å². The molecule has 0 aliphatic rings. The molecule has 0 amide bonds. The first-order chi connectivity index (χ1) is 12.0. The molecule has 6 N–H and O–H groups in total. The first kappa shape index (κ1) is 17.4. The van der Waals surface area contributed by atoms with Gasteiger partial charge in [0.25, 0.3) is 10.1 Å². The minimum absolute atomic E-state index is 0.408. The van der Waals surface area contributed by atoms with Gasteiger partial charge in [0.2, 0.25) is 11.2 Å². The maximum absolute atomic E-state index is 12.3. The number of hydrogen-bond acceptors (Lipinski definition) is 9. The van der Waals surface area contributed by atoms with Crippen LogP contribution in [-0.2, 0) is 10.1 Å². The van der Waals surface area contributed by atoms with E-state index in [9.17, 15) is 43.3 Å². The molecule has 0 unspecified atom stereocenters. The van der Waals surface area contributed by atoms with Gasteiger partial charge in [0.15, 0.2) is 17.3 Å².